The lowest BCUT2D eigenvalue weighted by atomic mass is 10.1. The number of nitrogens with two attached hydrogens (primary N) is 1. The smallest absolute Gasteiger partial charge is 0.248 e. The Morgan fingerprint density at radius 3 is 2.45 bits per heavy atom. The van der Waals surface area contributed by atoms with E-state index in [-0.39, 0.29) is 18.1 Å². The Kier molecular flexibility index (Phi) is 5.16. The Balaban J connectivity index is 1.93. The molecule has 2 rings (SSSR count). The molecule has 0 saturated carbocycles. The van der Waals surface area contributed by atoms with Gasteiger partial charge in [-0.25, -0.2) is 8.42 Å². The van der Waals surface area contributed by atoms with E-state index in [0.717, 1.165) is 0 Å². The predicted octanol–water partition coefficient (Wildman–Crippen LogP) is 1.78. The van der Waals surface area contributed by atoms with Crippen molar-refractivity contribution in [1.29, 1.82) is 0 Å². The molecule has 0 radical (unpaired) electrons. The van der Waals surface area contributed by atoms with Crippen LogP contribution in [0.1, 0.15) is 15.9 Å². The Morgan fingerprint density at radius 2 is 1.77 bits per heavy atom. The number of rotatable bonds is 7. The molecule has 22 heavy (non-hydrogen) atoms. The summed E-state index contributed by atoms with van der Waals surface area (Å²) in [5.41, 5.74) is 6.02. The zero-order valence-corrected chi connectivity index (χ0v) is 12.8. The summed E-state index contributed by atoms with van der Waals surface area (Å²) in [5.74, 6) is -0.185. The first kappa shape index (κ1) is 16.0. The molecule has 6 heteroatoms. The zero-order valence-electron chi connectivity index (χ0n) is 11.9. The first-order valence-corrected chi connectivity index (χ1v) is 8.55. The molecule has 0 atom stereocenters. The maximum absolute atomic E-state index is 12.1. The average Bonchev–Trinajstić information content (AvgIpc) is 2.48. The monoisotopic (exact) mass is 319 g/mol. The molecule has 0 heterocycles. The number of carbonyl (C=O) groups is 1. The van der Waals surface area contributed by atoms with Gasteiger partial charge in [-0.1, -0.05) is 30.3 Å². The fraction of sp³-hybridized carbons (Fsp3) is 0.188. The largest absolute Gasteiger partial charge is 0.493 e. The Morgan fingerprint density at radius 1 is 1.05 bits per heavy atom. The molecule has 0 saturated heterocycles. The standard InChI is InChI=1S/C16H17NO4S/c17-16(18)14-6-4-5-13(11-14)12-22(19,20)10-9-21-15-7-2-1-3-8-15/h1-8,11H,9-10,12H2,(H2,17,18). The molecule has 0 spiro atoms. The van der Waals surface area contributed by atoms with Crippen molar-refractivity contribution in [3.63, 3.8) is 0 Å². The van der Waals surface area contributed by atoms with Crippen molar-refractivity contribution in [1.82, 2.24) is 0 Å². The Hall–Kier alpha value is -2.34. The van der Waals surface area contributed by atoms with Gasteiger partial charge in [0.15, 0.2) is 9.84 Å². The van der Waals surface area contributed by atoms with Gasteiger partial charge in [0.1, 0.15) is 12.4 Å². The van der Waals surface area contributed by atoms with E-state index in [2.05, 4.69) is 0 Å². The van der Waals surface area contributed by atoms with Crippen LogP contribution in [0, 0.1) is 0 Å². The first-order chi connectivity index (χ1) is 10.5. The van der Waals surface area contributed by atoms with E-state index < -0.39 is 15.7 Å². The maximum Gasteiger partial charge on any atom is 0.248 e. The second-order valence-electron chi connectivity index (χ2n) is 4.82. The molecule has 0 fully saturated rings. The number of amides is 1. The molecule has 2 aromatic rings. The van der Waals surface area contributed by atoms with Crippen molar-refractivity contribution in [2.24, 2.45) is 5.73 Å². The molecule has 0 bridgehead atoms. The number of benzene rings is 2. The van der Waals surface area contributed by atoms with Gasteiger partial charge in [-0.05, 0) is 29.8 Å². The van der Waals surface area contributed by atoms with Gasteiger partial charge >= 0.3 is 0 Å². The minimum Gasteiger partial charge on any atom is -0.493 e. The summed E-state index contributed by atoms with van der Waals surface area (Å²) in [6.45, 7) is 0.0852. The van der Waals surface area contributed by atoms with Gasteiger partial charge in [-0.2, -0.15) is 0 Å². The molecular weight excluding hydrogens is 302 g/mol. The fourth-order valence-corrected chi connectivity index (χ4v) is 3.11. The van der Waals surface area contributed by atoms with Crippen LogP contribution in [0.2, 0.25) is 0 Å². The van der Waals surface area contributed by atoms with Crippen molar-refractivity contribution in [3.05, 3.63) is 65.7 Å². The first-order valence-electron chi connectivity index (χ1n) is 6.73. The zero-order chi connectivity index (χ0) is 16.0. The lowest BCUT2D eigenvalue weighted by molar-refractivity contribution is 0.1000. The van der Waals surface area contributed by atoms with Crippen LogP contribution < -0.4 is 10.5 Å². The maximum atomic E-state index is 12.1. The molecule has 1 amide bonds. The third-order valence-corrected chi connectivity index (χ3v) is 4.57. The lowest BCUT2D eigenvalue weighted by Gasteiger charge is -2.08. The normalized spacial score (nSPS) is 11.1. The molecule has 2 aromatic carbocycles. The van der Waals surface area contributed by atoms with Crippen LogP contribution >= 0.6 is 0 Å². The Labute approximate surface area is 129 Å². The van der Waals surface area contributed by atoms with Crippen LogP contribution in [0.25, 0.3) is 0 Å². The van der Waals surface area contributed by atoms with Gasteiger partial charge in [0.25, 0.3) is 0 Å². The Bertz CT molecular complexity index is 742. The number of sulfone groups is 1. The molecule has 0 aromatic heterocycles. The van der Waals surface area contributed by atoms with Gasteiger partial charge in [0.05, 0.1) is 11.5 Å². The van der Waals surface area contributed by atoms with Crippen LogP contribution in [0.4, 0.5) is 0 Å². The highest BCUT2D eigenvalue weighted by atomic mass is 32.2. The minimum absolute atomic E-state index is 0.0852. The second kappa shape index (κ2) is 7.09. The topological polar surface area (TPSA) is 86.5 Å². The molecular formula is C16H17NO4S. The number of carbonyl (C=O) groups excluding carboxylic acids is 1. The van der Waals surface area contributed by atoms with Gasteiger partial charge in [-0.15, -0.1) is 0 Å². The summed E-state index contributed by atoms with van der Waals surface area (Å²) in [4.78, 5) is 11.1. The summed E-state index contributed by atoms with van der Waals surface area (Å²) >= 11 is 0. The van der Waals surface area contributed by atoms with Crippen LogP contribution in [0.5, 0.6) is 5.75 Å². The van der Waals surface area contributed by atoms with E-state index in [4.69, 9.17) is 10.5 Å². The van der Waals surface area contributed by atoms with E-state index in [0.29, 0.717) is 16.9 Å². The molecule has 0 unspecified atom stereocenters. The highest BCUT2D eigenvalue weighted by molar-refractivity contribution is 7.90. The third kappa shape index (κ3) is 4.89. The van der Waals surface area contributed by atoms with Crippen molar-refractivity contribution < 1.29 is 17.9 Å². The van der Waals surface area contributed by atoms with E-state index in [1.807, 2.05) is 18.2 Å². The summed E-state index contributed by atoms with van der Waals surface area (Å²) in [6, 6.07) is 15.3. The summed E-state index contributed by atoms with van der Waals surface area (Å²) in [6.07, 6.45) is 0. The summed E-state index contributed by atoms with van der Waals surface area (Å²) < 4.78 is 29.5. The average molecular weight is 319 g/mol. The van der Waals surface area contributed by atoms with Crippen molar-refractivity contribution in [2.75, 3.05) is 12.4 Å². The second-order valence-corrected chi connectivity index (χ2v) is 7.00. The number of hydrogen-bond donors (Lipinski definition) is 1. The number of ether oxygens (including phenoxy) is 1. The summed E-state index contributed by atoms with van der Waals surface area (Å²) in [5, 5.41) is 0. The van der Waals surface area contributed by atoms with Gasteiger partial charge in [0, 0.05) is 5.56 Å². The van der Waals surface area contributed by atoms with Crippen LogP contribution in [0.15, 0.2) is 54.6 Å². The lowest BCUT2D eigenvalue weighted by Crippen LogP contribution is -2.16. The van der Waals surface area contributed by atoms with Gasteiger partial charge < -0.3 is 10.5 Å². The van der Waals surface area contributed by atoms with Crippen LogP contribution in [-0.2, 0) is 15.6 Å². The number of primary amides is 1. The molecule has 116 valence electrons. The minimum atomic E-state index is -3.32. The van der Waals surface area contributed by atoms with E-state index >= 15 is 0 Å². The van der Waals surface area contributed by atoms with E-state index in [1.165, 1.54) is 6.07 Å². The number of hydrogen-bond acceptors (Lipinski definition) is 4. The van der Waals surface area contributed by atoms with Crippen LogP contribution in [-0.4, -0.2) is 26.7 Å². The van der Waals surface area contributed by atoms with Gasteiger partial charge in [-0.3, -0.25) is 4.79 Å². The highest BCUT2D eigenvalue weighted by Gasteiger charge is 2.13. The van der Waals surface area contributed by atoms with Crippen molar-refractivity contribution in [2.45, 2.75) is 5.75 Å². The number of para-hydroxylation sites is 1. The SMILES string of the molecule is NC(=O)c1cccc(CS(=O)(=O)CCOc2ccccc2)c1. The van der Waals surface area contributed by atoms with E-state index in [9.17, 15) is 13.2 Å². The highest BCUT2D eigenvalue weighted by Crippen LogP contribution is 2.11. The molecule has 0 aliphatic rings. The fourth-order valence-electron chi connectivity index (χ4n) is 1.94. The molecule has 2 N–H and O–H groups in total. The van der Waals surface area contributed by atoms with Crippen molar-refractivity contribution >= 4 is 15.7 Å². The van der Waals surface area contributed by atoms with Crippen molar-refractivity contribution in [3.8, 4) is 5.75 Å². The molecule has 0 aliphatic heterocycles. The van der Waals surface area contributed by atoms with Gasteiger partial charge in [0.2, 0.25) is 5.91 Å². The quantitative estimate of drug-likeness (QED) is 0.843. The van der Waals surface area contributed by atoms with Crippen LogP contribution in [0.3, 0.4) is 0 Å². The predicted molar refractivity (Wildman–Crippen MR) is 84.4 cm³/mol. The van der Waals surface area contributed by atoms with E-state index in [1.54, 1.807) is 30.3 Å². The summed E-state index contributed by atoms with van der Waals surface area (Å²) in [7, 11) is -3.32. The third-order valence-electron chi connectivity index (χ3n) is 3.00. The molecule has 0 aliphatic carbocycles. The molecule has 5 nitrogen and oxygen atoms in total.